The fraction of sp³-hybridized carbons (Fsp3) is 0.214. The number of aryl methyl sites for hydroxylation is 1. The van der Waals surface area contributed by atoms with Crippen LogP contribution < -0.4 is 5.56 Å². The topological polar surface area (TPSA) is 58.7 Å². The van der Waals surface area contributed by atoms with Crippen LogP contribution in [0.15, 0.2) is 40.3 Å². The van der Waals surface area contributed by atoms with E-state index in [2.05, 4.69) is 11.1 Å². The second-order valence-corrected chi connectivity index (χ2v) is 5.08. The van der Waals surface area contributed by atoms with Gasteiger partial charge in [-0.15, -0.1) is 0 Å². The largest absolute Gasteiger partial charge is 0.291 e. The van der Waals surface area contributed by atoms with Crippen LogP contribution in [0.4, 0.5) is 0 Å². The first-order valence-corrected chi connectivity index (χ1v) is 6.76. The summed E-state index contributed by atoms with van der Waals surface area (Å²) >= 11 is 1.46. The van der Waals surface area contributed by atoms with E-state index in [1.807, 2.05) is 18.2 Å². The predicted molar refractivity (Wildman–Crippen MR) is 74.9 cm³/mol. The van der Waals surface area contributed by atoms with Crippen molar-refractivity contribution in [2.24, 2.45) is 7.05 Å². The zero-order chi connectivity index (χ0) is 13.8. The minimum absolute atomic E-state index is 0.0661. The van der Waals surface area contributed by atoms with E-state index < -0.39 is 0 Å². The summed E-state index contributed by atoms with van der Waals surface area (Å²) < 4.78 is 1.52. The molecule has 1 aromatic carbocycles. The summed E-state index contributed by atoms with van der Waals surface area (Å²) in [6.45, 7) is 1.80. The Balaban J connectivity index is 2.24. The van der Waals surface area contributed by atoms with Crippen molar-refractivity contribution in [2.45, 2.75) is 17.8 Å². The zero-order valence-corrected chi connectivity index (χ0v) is 11.6. The van der Waals surface area contributed by atoms with Gasteiger partial charge in [0, 0.05) is 24.6 Å². The molecule has 0 aliphatic carbocycles. The third-order valence-electron chi connectivity index (χ3n) is 2.72. The van der Waals surface area contributed by atoms with Gasteiger partial charge in [-0.3, -0.25) is 9.36 Å². The Morgan fingerprint density at radius 1 is 1.42 bits per heavy atom. The lowest BCUT2D eigenvalue weighted by molar-refractivity contribution is 0.698. The lowest BCUT2D eigenvalue weighted by Crippen LogP contribution is -2.19. The van der Waals surface area contributed by atoms with Crippen molar-refractivity contribution in [1.82, 2.24) is 9.55 Å². The van der Waals surface area contributed by atoms with Gasteiger partial charge < -0.3 is 0 Å². The molecule has 0 saturated heterocycles. The average molecular weight is 271 g/mol. The van der Waals surface area contributed by atoms with Crippen LogP contribution in [0.5, 0.6) is 0 Å². The Morgan fingerprint density at radius 3 is 2.89 bits per heavy atom. The number of benzene rings is 1. The first kappa shape index (κ1) is 13.4. The highest BCUT2D eigenvalue weighted by atomic mass is 32.2. The molecule has 0 radical (unpaired) electrons. The molecule has 19 heavy (non-hydrogen) atoms. The third kappa shape index (κ3) is 3.04. The Bertz CT molecular complexity index is 701. The maximum Gasteiger partial charge on any atom is 0.254 e. The summed E-state index contributed by atoms with van der Waals surface area (Å²) in [6.07, 6.45) is 0. The Kier molecular flexibility index (Phi) is 4.03. The van der Waals surface area contributed by atoms with Crippen molar-refractivity contribution in [3.63, 3.8) is 0 Å². The molecule has 5 heteroatoms. The molecule has 0 fully saturated rings. The lowest BCUT2D eigenvalue weighted by Gasteiger charge is -2.08. The smallest absolute Gasteiger partial charge is 0.254 e. The van der Waals surface area contributed by atoms with Gasteiger partial charge in [-0.05, 0) is 18.6 Å². The van der Waals surface area contributed by atoms with Gasteiger partial charge in [0.1, 0.15) is 0 Å². The van der Waals surface area contributed by atoms with E-state index in [4.69, 9.17) is 5.26 Å². The van der Waals surface area contributed by atoms with Gasteiger partial charge in [0.25, 0.3) is 5.56 Å². The maximum atomic E-state index is 11.7. The van der Waals surface area contributed by atoms with E-state index in [1.54, 1.807) is 20.0 Å². The van der Waals surface area contributed by atoms with Crippen LogP contribution >= 0.6 is 11.8 Å². The van der Waals surface area contributed by atoms with Crippen LogP contribution in [-0.2, 0) is 12.8 Å². The van der Waals surface area contributed by atoms with Crippen molar-refractivity contribution in [1.29, 1.82) is 5.26 Å². The van der Waals surface area contributed by atoms with Crippen molar-refractivity contribution in [2.75, 3.05) is 0 Å². The molecule has 0 saturated carbocycles. The number of aromatic nitrogens is 2. The monoisotopic (exact) mass is 271 g/mol. The maximum absolute atomic E-state index is 11.7. The molecule has 0 aliphatic heterocycles. The molecule has 0 unspecified atom stereocenters. The molecule has 0 atom stereocenters. The number of nitriles is 1. The molecule has 1 aromatic heterocycles. The van der Waals surface area contributed by atoms with E-state index in [0.29, 0.717) is 22.2 Å². The molecular weight excluding hydrogens is 258 g/mol. The molecule has 0 spiro atoms. The highest BCUT2D eigenvalue weighted by molar-refractivity contribution is 7.98. The summed E-state index contributed by atoms with van der Waals surface area (Å²) in [4.78, 5) is 16.0. The molecule has 0 aliphatic rings. The average Bonchev–Trinajstić information content (AvgIpc) is 2.41. The highest BCUT2D eigenvalue weighted by Gasteiger charge is 2.07. The van der Waals surface area contributed by atoms with Crippen LogP contribution in [0.3, 0.4) is 0 Å². The van der Waals surface area contributed by atoms with Crippen molar-refractivity contribution in [3.8, 4) is 6.07 Å². The van der Waals surface area contributed by atoms with Gasteiger partial charge in [-0.2, -0.15) is 5.26 Å². The van der Waals surface area contributed by atoms with Gasteiger partial charge in [-0.25, -0.2) is 4.98 Å². The number of rotatable bonds is 3. The molecule has 0 amide bonds. The summed E-state index contributed by atoms with van der Waals surface area (Å²) in [7, 11) is 1.70. The second-order valence-electron chi connectivity index (χ2n) is 4.13. The van der Waals surface area contributed by atoms with Crippen LogP contribution in [0, 0.1) is 18.3 Å². The Labute approximate surface area is 115 Å². The van der Waals surface area contributed by atoms with Crippen LogP contribution in [0.1, 0.15) is 16.8 Å². The number of thioether (sulfide) groups is 1. The van der Waals surface area contributed by atoms with Gasteiger partial charge in [-0.1, -0.05) is 30.0 Å². The van der Waals surface area contributed by atoms with Crippen LogP contribution in [-0.4, -0.2) is 9.55 Å². The van der Waals surface area contributed by atoms with E-state index in [1.165, 1.54) is 22.4 Å². The number of hydrogen-bond acceptors (Lipinski definition) is 4. The third-order valence-corrected chi connectivity index (χ3v) is 3.80. The van der Waals surface area contributed by atoms with Crippen molar-refractivity contribution < 1.29 is 0 Å². The summed E-state index contributed by atoms with van der Waals surface area (Å²) in [5.41, 5.74) is 2.25. The normalized spacial score (nSPS) is 10.2. The second kappa shape index (κ2) is 5.72. The molecule has 1 heterocycles. The summed E-state index contributed by atoms with van der Waals surface area (Å²) in [5.74, 6) is 0.619. The van der Waals surface area contributed by atoms with E-state index >= 15 is 0 Å². The summed E-state index contributed by atoms with van der Waals surface area (Å²) in [5, 5.41) is 9.69. The first-order valence-electron chi connectivity index (χ1n) is 5.77. The van der Waals surface area contributed by atoms with E-state index in [9.17, 15) is 4.79 Å². The molecule has 4 nitrogen and oxygen atoms in total. The Hall–Kier alpha value is -2.06. The molecule has 2 aromatic rings. The number of hydrogen-bond donors (Lipinski definition) is 0. The SMILES string of the molecule is Cc1cc(=O)n(C)c(SCc2ccccc2C#N)n1. The van der Waals surface area contributed by atoms with Crippen LogP contribution in [0.25, 0.3) is 0 Å². The first-order chi connectivity index (χ1) is 9.11. The fourth-order valence-electron chi connectivity index (χ4n) is 1.65. The standard InChI is InChI=1S/C14H13N3OS/c1-10-7-13(18)17(2)14(16-10)19-9-12-6-4-3-5-11(12)8-15/h3-7H,9H2,1-2H3. The molecule has 96 valence electrons. The van der Waals surface area contributed by atoms with Crippen molar-refractivity contribution >= 4 is 11.8 Å². The van der Waals surface area contributed by atoms with E-state index in [0.717, 1.165) is 5.56 Å². The van der Waals surface area contributed by atoms with Gasteiger partial charge in [0.05, 0.1) is 11.6 Å². The van der Waals surface area contributed by atoms with Gasteiger partial charge in [0.2, 0.25) is 0 Å². The summed E-state index contributed by atoms with van der Waals surface area (Å²) in [6, 6.07) is 11.1. The van der Waals surface area contributed by atoms with Crippen molar-refractivity contribution in [3.05, 3.63) is 57.5 Å². The predicted octanol–water partition coefficient (Wildman–Crippen LogP) is 2.25. The molecule has 0 N–H and O–H groups in total. The molecule has 2 rings (SSSR count). The highest BCUT2D eigenvalue weighted by Crippen LogP contribution is 2.21. The Morgan fingerprint density at radius 2 is 2.16 bits per heavy atom. The molecular formula is C14H13N3OS. The number of nitrogens with zero attached hydrogens (tertiary/aromatic N) is 3. The van der Waals surface area contributed by atoms with Gasteiger partial charge in [0.15, 0.2) is 5.16 Å². The zero-order valence-electron chi connectivity index (χ0n) is 10.8. The minimum atomic E-state index is -0.0661. The minimum Gasteiger partial charge on any atom is -0.291 e. The van der Waals surface area contributed by atoms with Gasteiger partial charge >= 0.3 is 0 Å². The molecule has 0 bridgehead atoms. The van der Waals surface area contributed by atoms with Crippen LogP contribution in [0.2, 0.25) is 0 Å². The lowest BCUT2D eigenvalue weighted by atomic mass is 10.1. The van der Waals surface area contributed by atoms with E-state index in [-0.39, 0.29) is 5.56 Å². The fourth-order valence-corrected chi connectivity index (χ4v) is 2.68. The quantitative estimate of drug-likeness (QED) is 0.634.